The van der Waals surface area contributed by atoms with Crippen LogP contribution in [0.1, 0.15) is 33.3 Å². The standard InChI is InChI=1S/C17H21F2N3O3/c1-11(25-15(23)16(2,3)4)17(24,8-22-10-20-9-21-22)13-6-5-12(18)7-14(13)19/h5-7,9-11,24H,8H2,1-4H3. The molecular formula is C17H21F2N3O3. The van der Waals surface area contributed by atoms with Gasteiger partial charge in [-0.05, 0) is 33.8 Å². The fourth-order valence-electron chi connectivity index (χ4n) is 2.27. The van der Waals surface area contributed by atoms with Crippen LogP contribution in [0.15, 0.2) is 30.9 Å². The van der Waals surface area contributed by atoms with Crippen molar-refractivity contribution in [3.63, 3.8) is 0 Å². The minimum Gasteiger partial charge on any atom is -0.459 e. The van der Waals surface area contributed by atoms with Gasteiger partial charge >= 0.3 is 5.97 Å². The summed E-state index contributed by atoms with van der Waals surface area (Å²) in [6, 6.07) is 2.83. The van der Waals surface area contributed by atoms with Gasteiger partial charge in [-0.3, -0.25) is 4.79 Å². The number of rotatable bonds is 5. The maximum Gasteiger partial charge on any atom is 0.311 e. The van der Waals surface area contributed by atoms with Gasteiger partial charge in [-0.25, -0.2) is 18.4 Å². The summed E-state index contributed by atoms with van der Waals surface area (Å²) >= 11 is 0. The zero-order valence-corrected chi connectivity index (χ0v) is 14.5. The van der Waals surface area contributed by atoms with Gasteiger partial charge in [-0.1, -0.05) is 6.07 Å². The molecule has 0 radical (unpaired) electrons. The number of halogens is 2. The van der Waals surface area contributed by atoms with Crippen molar-refractivity contribution in [2.24, 2.45) is 5.41 Å². The van der Waals surface area contributed by atoms with E-state index in [0.717, 1.165) is 12.1 Å². The summed E-state index contributed by atoms with van der Waals surface area (Å²) in [5.74, 6) is -2.27. The number of hydrogen-bond donors (Lipinski definition) is 1. The average molecular weight is 353 g/mol. The van der Waals surface area contributed by atoms with Crippen LogP contribution in [0.3, 0.4) is 0 Å². The lowest BCUT2D eigenvalue weighted by Gasteiger charge is -2.35. The van der Waals surface area contributed by atoms with Gasteiger partial charge in [0.1, 0.15) is 36.0 Å². The Morgan fingerprint density at radius 3 is 2.56 bits per heavy atom. The summed E-state index contributed by atoms with van der Waals surface area (Å²) in [7, 11) is 0. The Labute approximate surface area is 144 Å². The molecule has 0 aliphatic heterocycles. The van der Waals surface area contributed by atoms with Gasteiger partial charge in [0.15, 0.2) is 0 Å². The van der Waals surface area contributed by atoms with Crippen LogP contribution in [-0.4, -0.2) is 31.9 Å². The molecule has 1 heterocycles. The number of aromatic nitrogens is 3. The summed E-state index contributed by atoms with van der Waals surface area (Å²) in [4.78, 5) is 15.9. The van der Waals surface area contributed by atoms with E-state index in [2.05, 4.69) is 10.1 Å². The van der Waals surface area contributed by atoms with Crippen molar-refractivity contribution < 1.29 is 23.4 Å². The molecule has 2 rings (SSSR count). The fourth-order valence-corrected chi connectivity index (χ4v) is 2.27. The Balaban J connectivity index is 2.43. The van der Waals surface area contributed by atoms with E-state index in [1.165, 1.54) is 24.3 Å². The average Bonchev–Trinajstić information content (AvgIpc) is 2.98. The number of carbonyl (C=O) groups excluding carboxylic acids is 1. The van der Waals surface area contributed by atoms with Crippen molar-refractivity contribution in [3.05, 3.63) is 48.1 Å². The Morgan fingerprint density at radius 2 is 2.04 bits per heavy atom. The number of benzene rings is 1. The number of ether oxygens (including phenoxy) is 1. The second-order valence-electron chi connectivity index (χ2n) is 6.94. The van der Waals surface area contributed by atoms with Crippen LogP contribution >= 0.6 is 0 Å². The molecule has 1 aromatic carbocycles. The van der Waals surface area contributed by atoms with Crippen molar-refractivity contribution in [3.8, 4) is 0 Å². The number of esters is 1. The maximum absolute atomic E-state index is 14.3. The molecule has 2 atom stereocenters. The van der Waals surface area contributed by atoms with Crippen LogP contribution in [0.2, 0.25) is 0 Å². The molecule has 8 heteroatoms. The molecule has 2 unspecified atom stereocenters. The van der Waals surface area contributed by atoms with Crippen LogP contribution in [0.25, 0.3) is 0 Å². The van der Waals surface area contributed by atoms with Gasteiger partial charge in [0, 0.05) is 11.6 Å². The highest BCUT2D eigenvalue weighted by molar-refractivity contribution is 5.75. The number of carbonyl (C=O) groups is 1. The van der Waals surface area contributed by atoms with Gasteiger partial charge in [-0.15, -0.1) is 0 Å². The largest absolute Gasteiger partial charge is 0.459 e. The molecule has 136 valence electrons. The molecule has 0 aliphatic rings. The second-order valence-corrected chi connectivity index (χ2v) is 6.94. The van der Waals surface area contributed by atoms with Crippen LogP contribution in [0, 0.1) is 17.0 Å². The van der Waals surface area contributed by atoms with Crippen LogP contribution < -0.4 is 0 Å². The number of aliphatic hydroxyl groups is 1. The topological polar surface area (TPSA) is 77.2 Å². The summed E-state index contributed by atoms with van der Waals surface area (Å²) < 4.78 is 34.2. The van der Waals surface area contributed by atoms with E-state index in [0.29, 0.717) is 6.07 Å². The molecule has 0 saturated heterocycles. The van der Waals surface area contributed by atoms with E-state index in [4.69, 9.17) is 4.74 Å². The Kier molecular flexibility index (Phi) is 5.22. The highest BCUT2D eigenvalue weighted by Crippen LogP contribution is 2.32. The minimum atomic E-state index is -1.97. The summed E-state index contributed by atoms with van der Waals surface area (Å²) in [5, 5.41) is 15.1. The van der Waals surface area contributed by atoms with Crippen molar-refractivity contribution in [2.45, 2.75) is 45.9 Å². The van der Waals surface area contributed by atoms with E-state index >= 15 is 0 Å². The monoisotopic (exact) mass is 353 g/mol. The Bertz CT molecular complexity index is 744. The minimum absolute atomic E-state index is 0.196. The first-order valence-corrected chi connectivity index (χ1v) is 7.75. The lowest BCUT2D eigenvalue weighted by Crippen LogP contribution is -2.46. The van der Waals surface area contributed by atoms with Crippen molar-refractivity contribution in [1.82, 2.24) is 14.8 Å². The molecule has 0 bridgehead atoms. The molecule has 1 N–H and O–H groups in total. The summed E-state index contributed by atoms with van der Waals surface area (Å²) in [6.07, 6.45) is 1.47. The van der Waals surface area contributed by atoms with Crippen LogP contribution in [0.5, 0.6) is 0 Å². The van der Waals surface area contributed by atoms with Gasteiger partial charge < -0.3 is 9.84 Å². The van der Waals surface area contributed by atoms with Crippen molar-refractivity contribution >= 4 is 5.97 Å². The SMILES string of the molecule is CC(OC(=O)C(C)(C)C)C(O)(Cn1cncn1)c1ccc(F)cc1F. The first-order chi connectivity index (χ1) is 11.5. The number of hydrogen-bond acceptors (Lipinski definition) is 5. The van der Waals surface area contributed by atoms with E-state index < -0.39 is 34.7 Å². The highest BCUT2D eigenvalue weighted by atomic mass is 19.1. The lowest BCUT2D eigenvalue weighted by molar-refractivity contribution is -0.176. The lowest BCUT2D eigenvalue weighted by atomic mass is 9.87. The van der Waals surface area contributed by atoms with Gasteiger partial charge in [0.2, 0.25) is 0 Å². The predicted molar refractivity (Wildman–Crippen MR) is 85.3 cm³/mol. The third-order valence-electron chi connectivity index (χ3n) is 3.84. The fraction of sp³-hybridized carbons (Fsp3) is 0.471. The van der Waals surface area contributed by atoms with Gasteiger partial charge in [0.25, 0.3) is 0 Å². The Hall–Kier alpha value is -2.35. The summed E-state index contributed by atoms with van der Waals surface area (Å²) in [5.41, 5.74) is -2.96. The summed E-state index contributed by atoms with van der Waals surface area (Å²) in [6.45, 7) is 6.21. The smallest absolute Gasteiger partial charge is 0.311 e. The third-order valence-corrected chi connectivity index (χ3v) is 3.84. The zero-order valence-electron chi connectivity index (χ0n) is 14.5. The van der Waals surface area contributed by atoms with E-state index in [9.17, 15) is 18.7 Å². The predicted octanol–water partition coefficient (Wildman–Crippen LogP) is 2.42. The zero-order chi connectivity index (χ0) is 18.8. The van der Waals surface area contributed by atoms with E-state index in [1.807, 2.05) is 0 Å². The quantitative estimate of drug-likeness (QED) is 0.836. The maximum atomic E-state index is 14.3. The van der Waals surface area contributed by atoms with Crippen LogP contribution in [-0.2, 0) is 21.7 Å². The molecular weight excluding hydrogens is 332 g/mol. The molecule has 0 amide bonds. The Morgan fingerprint density at radius 1 is 1.36 bits per heavy atom. The first-order valence-electron chi connectivity index (χ1n) is 7.75. The normalized spacial score (nSPS) is 15.5. The van der Waals surface area contributed by atoms with Gasteiger partial charge in [-0.2, -0.15) is 5.10 Å². The van der Waals surface area contributed by atoms with E-state index in [1.54, 1.807) is 20.8 Å². The molecule has 0 aliphatic carbocycles. The highest BCUT2D eigenvalue weighted by Gasteiger charge is 2.42. The van der Waals surface area contributed by atoms with E-state index in [-0.39, 0.29) is 12.1 Å². The molecule has 0 fully saturated rings. The van der Waals surface area contributed by atoms with Crippen molar-refractivity contribution in [1.29, 1.82) is 0 Å². The molecule has 25 heavy (non-hydrogen) atoms. The third kappa shape index (κ3) is 4.19. The van der Waals surface area contributed by atoms with Gasteiger partial charge in [0.05, 0.1) is 12.0 Å². The molecule has 6 nitrogen and oxygen atoms in total. The molecule has 0 spiro atoms. The molecule has 2 aromatic rings. The van der Waals surface area contributed by atoms with Crippen molar-refractivity contribution in [2.75, 3.05) is 0 Å². The number of nitrogens with zero attached hydrogens (tertiary/aromatic N) is 3. The molecule has 0 saturated carbocycles. The van der Waals surface area contributed by atoms with Crippen LogP contribution in [0.4, 0.5) is 8.78 Å². The second kappa shape index (κ2) is 6.87. The molecule has 1 aromatic heterocycles. The first kappa shape index (κ1) is 19.0.